The molecule has 1 heterocycles. The maximum Gasteiger partial charge on any atom is 0.145 e. The normalized spacial score (nSPS) is 16.5. The highest BCUT2D eigenvalue weighted by molar-refractivity contribution is 5.61. The van der Waals surface area contributed by atoms with Crippen LogP contribution < -0.4 is 20.1 Å². The van der Waals surface area contributed by atoms with Gasteiger partial charge in [0.2, 0.25) is 0 Å². The molecule has 1 aromatic carbocycles. The van der Waals surface area contributed by atoms with Crippen molar-refractivity contribution in [2.24, 2.45) is 11.7 Å². The van der Waals surface area contributed by atoms with Gasteiger partial charge in [-0.15, -0.1) is 0 Å². The summed E-state index contributed by atoms with van der Waals surface area (Å²) < 4.78 is 10.7. The molecule has 0 saturated carbocycles. The van der Waals surface area contributed by atoms with Crippen LogP contribution in [0.3, 0.4) is 0 Å². The van der Waals surface area contributed by atoms with Gasteiger partial charge in [-0.3, -0.25) is 0 Å². The summed E-state index contributed by atoms with van der Waals surface area (Å²) >= 11 is 0. The molecule has 0 radical (unpaired) electrons. The number of nitrogens with zero attached hydrogens (tertiary/aromatic N) is 1. The molecule has 0 unspecified atom stereocenters. The highest BCUT2D eigenvalue weighted by atomic mass is 16.5. The Morgan fingerprint density at radius 2 is 1.95 bits per heavy atom. The van der Waals surface area contributed by atoms with Gasteiger partial charge in [-0.1, -0.05) is 0 Å². The molecule has 2 rings (SSSR count). The van der Waals surface area contributed by atoms with E-state index in [0.717, 1.165) is 49.2 Å². The molecule has 0 atom stereocenters. The van der Waals surface area contributed by atoms with Crippen LogP contribution in [0.2, 0.25) is 0 Å². The van der Waals surface area contributed by atoms with E-state index >= 15 is 0 Å². The van der Waals surface area contributed by atoms with Gasteiger partial charge in [-0.05, 0) is 43.9 Å². The van der Waals surface area contributed by atoms with E-state index < -0.39 is 0 Å². The molecule has 106 valence electrons. The minimum Gasteiger partial charge on any atom is -0.497 e. The first-order chi connectivity index (χ1) is 9.28. The predicted molar refractivity (Wildman–Crippen MR) is 78.2 cm³/mol. The van der Waals surface area contributed by atoms with E-state index in [4.69, 9.17) is 15.2 Å². The highest BCUT2D eigenvalue weighted by Crippen LogP contribution is 2.34. The van der Waals surface area contributed by atoms with E-state index in [-0.39, 0.29) is 0 Å². The largest absolute Gasteiger partial charge is 0.497 e. The van der Waals surface area contributed by atoms with E-state index in [1.54, 1.807) is 14.2 Å². The number of anilines is 1. The summed E-state index contributed by atoms with van der Waals surface area (Å²) in [5, 5.41) is 0. The third-order valence-corrected chi connectivity index (χ3v) is 3.92. The van der Waals surface area contributed by atoms with Gasteiger partial charge in [0.05, 0.1) is 19.9 Å². The Kier molecular flexibility index (Phi) is 4.91. The molecule has 19 heavy (non-hydrogen) atoms. The molecule has 0 aliphatic carbocycles. The molecule has 1 aliphatic rings. The Morgan fingerprint density at radius 1 is 1.21 bits per heavy atom. The quantitative estimate of drug-likeness (QED) is 0.886. The lowest BCUT2D eigenvalue weighted by atomic mass is 9.93. The van der Waals surface area contributed by atoms with Crippen molar-refractivity contribution in [2.45, 2.75) is 19.3 Å². The van der Waals surface area contributed by atoms with Crippen LogP contribution in [0.15, 0.2) is 18.2 Å². The topological polar surface area (TPSA) is 47.7 Å². The number of ether oxygens (including phenoxy) is 2. The van der Waals surface area contributed by atoms with Crippen molar-refractivity contribution < 1.29 is 9.47 Å². The van der Waals surface area contributed by atoms with Gasteiger partial charge in [-0.25, -0.2) is 0 Å². The van der Waals surface area contributed by atoms with Crippen molar-refractivity contribution in [1.29, 1.82) is 0 Å². The van der Waals surface area contributed by atoms with Crippen LogP contribution in [-0.4, -0.2) is 33.9 Å². The second-order valence-corrected chi connectivity index (χ2v) is 5.05. The Labute approximate surface area is 115 Å². The van der Waals surface area contributed by atoms with Crippen molar-refractivity contribution in [2.75, 3.05) is 38.8 Å². The highest BCUT2D eigenvalue weighted by Gasteiger charge is 2.21. The monoisotopic (exact) mass is 264 g/mol. The third kappa shape index (κ3) is 3.32. The fourth-order valence-corrected chi connectivity index (χ4v) is 2.74. The van der Waals surface area contributed by atoms with Gasteiger partial charge >= 0.3 is 0 Å². The number of hydrogen-bond acceptors (Lipinski definition) is 4. The zero-order valence-electron chi connectivity index (χ0n) is 11.9. The molecule has 0 bridgehead atoms. The van der Waals surface area contributed by atoms with Gasteiger partial charge in [0.1, 0.15) is 11.5 Å². The van der Waals surface area contributed by atoms with Gasteiger partial charge in [0.15, 0.2) is 0 Å². The first-order valence-corrected chi connectivity index (χ1v) is 6.95. The number of hydrogen-bond donors (Lipinski definition) is 1. The third-order valence-electron chi connectivity index (χ3n) is 3.92. The van der Waals surface area contributed by atoms with Crippen LogP contribution in [0.25, 0.3) is 0 Å². The molecule has 1 fully saturated rings. The van der Waals surface area contributed by atoms with Crippen LogP contribution in [-0.2, 0) is 0 Å². The molecule has 1 saturated heterocycles. The van der Waals surface area contributed by atoms with Crippen LogP contribution in [0.5, 0.6) is 11.5 Å². The number of methoxy groups -OCH3 is 2. The molecule has 4 heteroatoms. The molecule has 0 amide bonds. The Balaban J connectivity index is 2.06. The number of rotatable bonds is 5. The van der Waals surface area contributed by atoms with Gasteiger partial charge < -0.3 is 20.1 Å². The maximum absolute atomic E-state index is 5.64. The van der Waals surface area contributed by atoms with Gasteiger partial charge in [0.25, 0.3) is 0 Å². The first kappa shape index (κ1) is 14.0. The van der Waals surface area contributed by atoms with E-state index in [1.165, 1.54) is 12.8 Å². The van der Waals surface area contributed by atoms with Crippen LogP contribution in [0.1, 0.15) is 19.3 Å². The van der Waals surface area contributed by atoms with Crippen molar-refractivity contribution in [3.8, 4) is 11.5 Å². The van der Waals surface area contributed by atoms with E-state index in [9.17, 15) is 0 Å². The Morgan fingerprint density at radius 3 is 2.53 bits per heavy atom. The minimum absolute atomic E-state index is 0.783. The van der Waals surface area contributed by atoms with E-state index in [1.807, 2.05) is 12.1 Å². The molecule has 2 N–H and O–H groups in total. The zero-order valence-corrected chi connectivity index (χ0v) is 11.9. The van der Waals surface area contributed by atoms with Gasteiger partial charge in [-0.2, -0.15) is 0 Å². The van der Waals surface area contributed by atoms with Gasteiger partial charge in [0, 0.05) is 19.2 Å². The molecular formula is C15H24N2O2. The molecule has 1 aromatic rings. The first-order valence-electron chi connectivity index (χ1n) is 6.95. The van der Waals surface area contributed by atoms with Crippen LogP contribution in [0, 0.1) is 5.92 Å². The molecular weight excluding hydrogens is 240 g/mol. The second-order valence-electron chi connectivity index (χ2n) is 5.05. The zero-order chi connectivity index (χ0) is 13.7. The summed E-state index contributed by atoms with van der Waals surface area (Å²) in [6, 6.07) is 6.02. The lowest BCUT2D eigenvalue weighted by molar-refractivity contribution is 0.375. The molecule has 1 aliphatic heterocycles. The number of piperidine rings is 1. The molecule has 0 spiro atoms. The predicted octanol–water partition coefficient (Wildman–Crippen LogP) is 2.27. The van der Waals surface area contributed by atoms with Crippen molar-refractivity contribution in [1.82, 2.24) is 0 Å². The van der Waals surface area contributed by atoms with E-state index in [0.29, 0.717) is 0 Å². The Bertz CT molecular complexity index is 401. The SMILES string of the molecule is COc1ccc(N2CCC(CCN)CC2)c(OC)c1. The fraction of sp³-hybridized carbons (Fsp3) is 0.600. The summed E-state index contributed by atoms with van der Waals surface area (Å²) in [5.74, 6) is 2.50. The summed E-state index contributed by atoms with van der Waals surface area (Å²) in [7, 11) is 3.38. The van der Waals surface area contributed by atoms with Crippen molar-refractivity contribution >= 4 is 5.69 Å². The molecule has 0 aromatic heterocycles. The smallest absolute Gasteiger partial charge is 0.145 e. The standard InChI is InChI=1S/C15H24N2O2/c1-18-13-3-4-14(15(11-13)19-2)17-9-6-12(5-8-16)7-10-17/h3-4,11-12H,5-10,16H2,1-2H3. The van der Waals surface area contributed by atoms with Crippen LogP contribution in [0.4, 0.5) is 5.69 Å². The molecule has 4 nitrogen and oxygen atoms in total. The average Bonchev–Trinajstić information content (AvgIpc) is 2.48. The van der Waals surface area contributed by atoms with Crippen molar-refractivity contribution in [3.63, 3.8) is 0 Å². The van der Waals surface area contributed by atoms with Crippen molar-refractivity contribution in [3.05, 3.63) is 18.2 Å². The average molecular weight is 264 g/mol. The minimum atomic E-state index is 0.783. The fourth-order valence-electron chi connectivity index (χ4n) is 2.74. The summed E-state index contributed by atoms with van der Waals surface area (Å²) in [5.41, 5.74) is 6.80. The lowest BCUT2D eigenvalue weighted by Gasteiger charge is -2.34. The summed E-state index contributed by atoms with van der Waals surface area (Å²) in [6.07, 6.45) is 3.58. The number of benzene rings is 1. The number of nitrogens with two attached hydrogens (primary N) is 1. The lowest BCUT2D eigenvalue weighted by Crippen LogP contribution is -2.34. The Hall–Kier alpha value is -1.42. The second kappa shape index (κ2) is 6.66. The summed E-state index contributed by atoms with van der Waals surface area (Å²) in [4.78, 5) is 2.39. The van der Waals surface area contributed by atoms with E-state index in [2.05, 4.69) is 11.0 Å². The summed E-state index contributed by atoms with van der Waals surface area (Å²) in [6.45, 7) is 2.96. The van der Waals surface area contributed by atoms with Crippen LogP contribution >= 0.6 is 0 Å². The maximum atomic E-state index is 5.64.